The molecule has 2 aliphatic heterocycles. The van der Waals surface area contributed by atoms with Crippen molar-refractivity contribution in [2.45, 2.75) is 18.8 Å². The van der Waals surface area contributed by atoms with E-state index in [1.807, 2.05) is 36.2 Å². The topological polar surface area (TPSA) is 41.6 Å². The Morgan fingerprint density at radius 3 is 3.10 bits per heavy atom. The molecule has 1 N–H and O–H groups in total. The third kappa shape index (κ3) is 2.52. The minimum atomic E-state index is -0.0201. The maximum Gasteiger partial charge on any atom is 0.230 e. The third-order valence-electron chi connectivity index (χ3n) is 4.35. The van der Waals surface area contributed by atoms with Crippen LogP contribution in [0.1, 0.15) is 24.3 Å². The average Bonchev–Trinajstić information content (AvgIpc) is 2.95. The molecular formula is C16H22N2O2. The van der Waals surface area contributed by atoms with Gasteiger partial charge in [0.15, 0.2) is 0 Å². The van der Waals surface area contributed by atoms with E-state index in [1.54, 1.807) is 0 Å². The molecule has 0 radical (unpaired) electrons. The Hall–Kier alpha value is -1.55. The molecular weight excluding hydrogens is 252 g/mol. The average molecular weight is 274 g/mol. The molecule has 0 aliphatic carbocycles. The van der Waals surface area contributed by atoms with Crippen molar-refractivity contribution in [2.24, 2.45) is 5.92 Å². The first-order valence-corrected chi connectivity index (χ1v) is 7.44. The number of hydrogen-bond acceptors (Lipinski definition) is 3. The van der Waals surface area contributed by atoms with Gasteiger partial charge in [0.25, 0.3) is 0 Å². The van der Waals surface area contributed by atoms with E-state index in [9.17, 15) is 4.79 Å². The highest BCUT2D eigenvalue weighted by Gasteiger charge is 2.34. The van der Waals surface area contributed by atoms with Crippen molar-refractivity contribution in [3.8, 4) is 5.75 Å². The molecule has 1 saturated heterocycles. The Labute approximate surface area is 120 Å². The molecule has 0 unspecified atom stereocenters. The Morgan fingerprint density at radius 2 is 2.25 bits per heavy atom. The number of nitrogens with zero attached hydrogens (tertiary/aromatic N) is 1. The number of fused-ring (bicyclic) bond motifs is 1. The second-order valence-electron chi connectivity index (χ2n) is 5.72. The maximum absolute atomic E-state index is 12.8. The summed E-state index contributed by atoms with van der Waals surface area (Å²) in [7, 11) is 1.97. The molecule has 1 aromatic rings. The molecule has 2 aliphatic rings. The van der Waals surface area contributed by atoms with Gasteiger partial charge < -0.3 is 15.0 Å². The number of rotatable bonds is 3. The highest BCUT2D eigenvalue weighted by Crippen LogP contribution is 2.35. The van der Waals surface area contributed by atoms with Gasteiger partial charge in [0.2, 0.25) is 5.91 Å². The second kappa shape index (κ2) is 5.83. The smallest absolute Gasteiger partial charge is 0.230 e. The van der Waals surface area contributed by atoms with Crippen LogP contribution >= 0.6 is 0 Å². The van der Waals surface area contributed by atoms with E-state index in [-0.39, 0.29) is 11.8 Å². The van der Waals surface area contributed by atoms with E-state index in [0.29, 0.717) is 12.5 Å². The highest BCUT2D eigenvalue weighted by molar-refractivity contribution is 5.85. The molecule has 3 rings (SSSR count). The lowest BCUT2D eigenvalue weighted by Crippen LogP contribution is -2.36. The van der Waals surface area contributed by atoms with Gasteiger partial charge in [-0.05, 0) is 38.4 Å². The van der Waals surface area contributed by atoms with Gasteiger partial charge in [0.1, 0.15) is 5.75 Å². The zero-order valence-electron chi connectivity index (χ0n) is 12.0. The summed E-state index contributed by atoms with van der Waals surface area (Å²) in [5, 5.41) is 3.21. The molecule has 1 fully saturated rings. The largest absolute Gasteiger partial charge is 0.493 e. The first kappa shape index (κ1) is 13.4. The lowest BCUT2D eigenvalue weighted by molar-refractivity contribution is -0.132. The molecule has 1 aromatic carbocycles. The summed E-state index contributed by atoms with van der Waals surface area (Å²) in [5.41, 5.74) is 1.06. The van der Waals surface area contributed by atoms with Crippen LogP contribution in [0.4, 0.5) is 0 Å². The van der Waals surface area contributed by atoms with Gasteiger partial charge in [-0.25, -0.2) is 0 Å². The van der Waals surface area contributed by atoms with Crippen LogP contribution < -0.4 is 10.1 Å². The van der Waals surface area contributed by atoms with Crippen LogP contribution in [0.3, 0.4) is 0 Å². The summed E-state index contributed by atoms with van der Waals surface area (Å²) in [4.78, 5) is 14.8. The quantitative estimate of drug-likeness (QED) is 0.910. The van der Waals surface area contributed by atoms with Crippen LogP contribution in [0.25, 0.3) is 0 Å². The van der Waals surface area contributed by atoms with Gasteiger partial charge in [-0.3, -0.25) is 4.79 Å². The number of carbonyl (C=O) groups is 1. The van der Waals surface area contributed by atoms with Crippen molar-refractivity contribution >= 4 is 5.91 Å². The van der Waals surface area contributed by atoms with Crippen LogP contribution in [0.5, 0.6) is 5.75 Å². The number of likely N-dealkylation sites (tertiary alicyclic amines) is 1. The minimum Gasteiger partial charge on any atom is -0.493 e. The van der Waals surface area contributed by atoms with Crippen LogP contribution in [0.15, 0.2) is 24.3 Å². The fourth-order valence-corrected chi connectivity index (χ4v) is 3.31. The van der Waals surface area contributed by atoms with E-state index in [1.165, 1.54) is 0 Å². The van der Waals surface area contributed by atoms with Crippen molar-refractivity contribution in [2.75, 3.05) is 33.3 Å². The van der Waals surface area contributed by atoms with E-state index in [4.69, 9.17) is 4.74 Å². The number of ether oxygens (including phenoxy) is 1. The Morgan fingerprint density at radius 1 is 1.40 bits per heavy atom. The molecule has 2 heterocycles. The summed E-state index contributed by atoms with van der Waals surface area (Å²) < 4.78 is 5.65. The van der Waals surface area contributed by atoms with E-state index in [2.05, 4.69) is 5.32 Å². The van der Waals surface area contributed by atoms with Crippen LogP contribution in [-0.4, -0.2) is 44.1 Å². The molecule has 4 nitrogen and oxygen atoms in total. The summed E-state index contributed by atoms with van der Waals surface area (Å²) in [5.74, 6) is 1.73. The van der Waals surface area contributed by atoms with Gasteiger partial charge in [-0.1, -0.05) is 18.2 Å². The van der Waals surface area contributed by atoms with Crippen LogP contribution in [0.2, 0.25) is 0 Å². The normalized spacial score (nSPS) is 25.1. The van der Waals surface area contributed by atoms with Gasteiger partial charge in [0, 0.05) is 18.7 Å². The van der Waals surface area contributed by atoms with Gasteiger partial charge in [0.05, 0.1) is 12.5 Å². The molecule has 108 valence electrons. The van der Waals surface area contributed by atoms with Crippen LogP contribution in [0, 0.1) is 5.92 Å². The van der Waals surface area contributed by atoms with Crippen LogP contribution in [-0.2, 0) is 4.79 Å². The third-order valence-corrected chi connectivity index (χ3v) is 4.35. The van der Waals surface area contributed by atoms with Crippen molar-refractivity contribution in [1.82, 2.24) is 10.2 Å². The minimum absolute atomic E-state index is 0.0201. The molecule has 0 aromatic heterocycles. The molecule has 0 bridgehead atoms. The van der Waals surface area contributed by atoms with E-state index < -0.39 is 0 Å². The Kier molecular flexibility index (Phi) is 3.92. The van der Waals surface area contributed by atoms with E-state index >= 15 is 0 Å². The summed E-state index contributed by atoms with van der Waals surface area (Å²) in [6.45, 7) is 3.42. The van der Waals surface area contributed by atoms with Crippen molar-refractivity contribution in [3.05, 3.63) is 29.8 Å². The lowest BCUT2D eigenvalue weighted by Gasteiger charge is -2.28. The van der Waals surface area contributed by atoms with Gasteiger partial charge in [-0.15, -0.1) is 0 Å². The Balaban J connectivity index is 1.73. The number of para-hydroxylation sites is 1. The standard InChI is InChI=1S/C16H22N2O2/c1-17-10-12-6-8-18(11-12)16(19)14-7-9-20-15-5-3-2-4-13(14)15/h2-5,12,14,17H,6-11H2,1H3/t12-,14+/m1/s1. The fraction of sp³-hybridized carbons (Fsp3) is 0.562. The number of hydrogen-bond donors (Lipinski definition) is 1. The Bertz CT molecular complexity index is 489. The lowest BCUT2D eigenvalue weighted by atomic mass is 9.92. The van der Waals surface area contributed by atoms with Crippen molar-refractivity contribution in [3.63, 3.8) is 0 Å². The number of carbonyl (C=O) groups excluding carboxylic acids is 1. The number of amides is 1. The monoisotopic (exact) mass is 274 g/mol. The number of nitrogens with one attached hydrogen (secondary N) is 1. The maximum atomic E-state index is 12.8. The zero-order valence-corrected chi connectivity index (χ0v) is 12.0. The summed E-state index contributed by atoms with van der Waals surface area (Å²) in [6.07, 6.45) is 1.90. The summed E-state index contributed by atoms with van der Waals surface area (Å²) in [6, 6.07) is 7.94. The molecule has 4 heteroatoms. The van der Waals surface area contributed by atoms with E-state index in [0.717, 1.165) is 43.8 Å². The van der Waals surface area contributed by atoms with Crippen molar-refractivity contribution in [1.29, 1.82) is 0 Å². The molecule has 0 spiro atoms. The number of benzene rings is 1. The first-order valence-electron chi connectivity index (χ1n) is 7.44. The molecule has 2 atom stereocenters. The predicted octanol–water partition coefficient (Wildman–Crippen LogP) is 1.62. The molecule has 20 heavy (non-hydrogen) atoms. The fourth-order valence-electron chi connectivity index (χ4n) is 3.31. The predicted molar refractivity (Wildman–Crippen MR) is 77.9 cm³/mol. The molecule has 1 amide bonds. The molecule has 0 saturated carbocycles. The highest BCUT2D eigenvalue weighted by atomic mass is 16.5. The van der Waals surface area contributed by atoms with Gasteiger partial charge >= 0.3 is 0 Å². The second-order valence-corrected chi connectivity index (χ2v) is 5.72. The zero-order chi connectivity index (χ0) is 13.9. The van der Waals surface area contributed by atoms with Gasteiger partial charge in [-0.2, -0.15) is 0 Å². The first-order chi connectivity index (χ1) is 9.79. The van der Waals surface area contributed by atoms with Crippen molar-refractivity contribution < 1.29 is 9.53 Å². The summed E-state index contributed by atoms with van der Waals surface area (Å²) >= 11 is 0. The SMILES string of the molecule is CNC[C@H]1CCN(C(=O)[C@H]2CCOc3ccccc32)C1.